The van der Waals surface area contributed by atoms with Crippen LogP contribution in [-0.4, -0.2) is 36.7 Å². The van der Waals surface area contributed by atoms with E-state index < -0.39 is 10.8 Å². The molecule has 6 heteroatoms. The molecule has 1 aliphatic carbocycles. The Morgan fingerprint density at radius 1 is 0.632 bits per heavy atom. The predicted molar refractivity (Wildman–Crippen MR) is 147 cm³/mol. The first-order valence-electron chi connectivity index (χ1n) is 13.6. The monoisotopic (exact) mass is 520 g/mol. The van der Waals surface area contributed by atoms with Gasteiger partial charge in [0.2, 0.25) is 0 Å². The number of esters is 2. The highest BCUT2D eigenvalue weighted by Gasteiger charge is 2.34. The molecule has 0 N–H and O–H groups in total. The maximum Gasteiger partial charge on any atom is 0.306 e. The van der Waals surface area contributed by atoms with E-state index in [-0.39, 0.29) is 36.3 Å². The molecule has 0 aromatic heterocycles. The van der Waals surface area contributed by atoms with Crippen LogP contribution in [-0.2, 0) is 29.9 Å². The van der Waals surface area contributed by atoms with Crippen molar-refractivity contribution < 1.29 is 28.7 Å². The fourth-order valence-electron chi connectivity index (χ4n) is 4.68. The van der Waals surface area contributed by atoms with Gasteiger partial charge < -0.3 is 9.47 Å². The minimum atomic E-state index is -0.579. The average molecular weight is 521 g/mol. The lowest BCUT2D eigenvalue weighted by molar-refractivity contribution is -0.146. The molecule has 0 atom stereocenters. The predicted octanol–water partition coefficient (Wildman–Crippen LogP) is 6.48. The Bertz CT molecular complexity index is 1130. The van der Waals surface area contributed by atoms with Crippen molar-refractivity contribution in [3.8, 4) is 0 Å². The molecule has 0 heterocycles. The molecule has 0 radical (unpaired) electrons. The summed E-state index contributed by atoms with van der Waals surface area (Å²) in [5, 5.41) is 0. The summed E-state index contributed by atoms with van der Waals surface area (Å²) in [5.74, 6) is -1.01. The number of fused-ring (bicyclic) bond motifs is 2. The lowest BCUT2D eigenvalue weighted by Crippen LogP contribution is -2.27. The van der Waals surface area contributed by atoms with Crippen LogP contribution in [0, 0.1) is 0 Å². The summed E-state index contributed by atoms with van der Waals surface area (Å²) in [6.45, 7) is 12.6. The molecule has 0 unspecified atom stereocenters. The van der Waals surface area contributed by atoms with Gasteiger partial charge in [0.15, 0.2) is 11.6 Å². The number of ether oxygens (including phenoxy) is 2. The zero-order chi connectivity index (χ0) is 28.1. The summed E-state index contributed by atoms with van der Waals surface area (Å²) < 4.78 is 10.7. The van der Waals surface area contributed by atoms with E-state index in [9.17, 15) is 19.2 Å². The maximum absolute atomic E-state index is 13.7. The summed E-state index contributed by atoms with van der Waals surface area (Å²) in [6.07, 6.45) is 3.86. The summed E-state index contributed by atoms with van der Waals surface area (Å²) in [7, 11) is 0. The van der Waals surface area contributed by atoms with E-state index in [2.05, 4.69) is 0 Å². The number of carbonyl (C=O) groups excluding carboxylic acids is 4. The smallest absolute Gasteiger partial charge is 0.306 e. The van der Waals surface area contributed by atoms with E-state index in [0.29, 0.717) is 35.5 Å². The Morgan fingerprint density at radius 2 is 1.00 bits per heavy atom. The molecular formula is C32H40O6. The second kappa shape index (κ2) is 12.1. The quantitative estimate of drug-likeness (QED) is 0.201. The van der Waals surface area contributed by atoms with Gasteiger partial charge in [-0.15, -0.1) is 0 Å². The Kier molecular flexibility index (Phi) is 9.29. The van der Waals surface area contributed by atoms with Crippen molar-refractivity contribution in [1.29, 1.82) is 0 Å². The number of hydrogen-bond acceptors (Lipinski definition) is 6. The number of carbonyl (C=O) groups is 4. The van der Waals surface area contributed by atoms with Crippen LogP contribution in [0.3, 0.4) is 0 Å². The normalized spacial score (nSPS) is 13.1. The fraction of sp³-hybridized carbons (Fsp3) is 0.500. The first-order valence-corrected chi connectivity index (χ1v) is 13.6. The first kappa shape index (κ1) is 29.3. The molecule has 6 nitrogen and oxygen atoms in total. The summed E-state index contributed by atoms with van der Waals surface area (Å²) in [6, 6.07) is 10.5. The van der Waals surface area contributed by atoms with E-state index in [4.69, 9.17) is 9.47 Å². The zero-order valence-electron chi connectivity index (χ0n) is 23.6. The molecule has 1 aliphatic rings. The fourth-order valence-corrected chi connectivity index (χ4v) is 4.68. The lowest BCUT2D eigenvalue weighted by atomic mass is 9.75. The Morgan fingerprint density at radius 3 is 1.37 bits per heavy atom. The Balaban J connectivity index is 1.87. The van der Waals surface area contributed by atoms with E-state index in [1.807, 2.05) is 53.7 Å². The van der Waals surface area contributed by atoms with Crippen LogP contribution in [0.2, 0.25) is 0 Å². The van der Waals surface area contributed by atoms with Crippen LogP contribution in [0.15, 0.2) is 36.4 Å². The molecule has 204 valence electrons. The molecule has 0 amide bonds. The van der Waals surface area contributed by atoms with E-state index in [1.165, 1.54) is 0 Å². The van der Waals surface area contributed by atoms with Crippen molar-refractivity contribution in [2.45, 2.75) is 90.9 Å². The molecule has 0 saturated carbocycles. The summed E-state index contributed by atoms with van der Waals surface area (Å²) >= 11 is 0. The molecule has 0 saturated heterocycles. The van der Waals surface area contributed by atoms with Crippen molar-refractivity contribution in [3.05, 3.63) is 69.8 Å². The number of benzene rings is 2. The van der Waals surface area contributed by atoms with E-state index in [0.717, 1.165) is 36.8 Å². The van der Waals surface area contributed by atoms with Crippen molar-refractivity contribution >= 4 is 23.5 Å². The lowest BCUT2D eigenvalue weighted by Gasteiger charge is -2.28. The molecule has 2 aromatic carbocycles. The zero-order valence-corrected chi connectivity index (χ0v) is 23.6. The van der Waals surface area contributed by atoms with Crippen molar-refractivity contribution in [3.63, 3.8) is 0 Å². The second-order valence-corrected chi connectivity index (χ2v) is 11.4. The highest BCUT2D eigenvalue weighted by atomic mass is 16.5. The van der Waals surface area contributed by atoms with Gasteiger partial charge in [-0.1, -0.05) is 66.5 Å². The van der Waals surface area contributed by atoms with Crippen LogP contribution in [0.25, 0.3) is 0 Å². The first-order chi connectivity index (χ1) is 17.9. The van der Waals surface area contributed by atoms with E-state index >= 15 is 0 Å². The van der Waals surface area contributed by atoms with Crippen molar-refractivity contribution in [2.75, 3.05) is 13.2 Å². The highest BCUT2D eigenvalue weighted by molar-refractivity contribution is 6.28. The SMILES string of the molecule is CCCCOC(=O)CC(C)(C)c1ccc2c(c1)C(=O)c1cc(C(C)(C)CC(=O)OCCCC)ccc1C2=O. The molecular weight excluding hydrogens is 480 g/mol. The molecule has 38 heavy (non-hydrogen) atoms. The topological polar surface area (TPSA) is 86.7 Å². The molecule has 0 bridgehead atoms. The second-order valence-electron chi connectivity index (χ2n) is 11.4. The van der Waals surface area contributed by atoms with Gasteiger partial charge in [0, 0.05) is 33.1 Å². The van der Waals surface area contributed by atoms with Gasteiger partial charge in [-0.05, 0) is 48.2 Å². The summed E-state index contributed by atoms with van der Waals surface area (Å²) in [5.41, 5.74) is 1.81. The Hall–Kier alpha value is -3.28. The third-order valence-corrected chi connectivity index (χ3v) is 7.28. The summed E-state index contributed by atoms with van der Waals surface area (Å²) in [4.78, 5) is 51.8. The van der Waals surface area contributed by atoms with Crippen LogP contribution < -0.4 is 0 Å². The van der Waals surface area contributed by atoms with Crippen LogP contribution in [0.5, 0.6) is 0 Å². The van der Waals surface area contributed by atoms with Gasteiger partial charge in [-0.25, -0.2) is 0 Å². The van der Waals surface area contributed by atoms with Crippen LogP contribution in [0.1, 0.15) is 123 Å². The molecule has 0 fully saturated rings. The number of unbranched alkanes of at least 4 members (excludes halogenated alkanes) is 2. The molecule has 2 aromatic rings. The highest BCUT2D eigenvalue weighted by Crippen LogP contribution is 2.36. The molecule has 0 spiro atoms. The van der Waals surface area contributed by atoms with Crippen molar-refractivity contribution in [2.24, 2.45) is 0 Å². The number of hydrogen-bond donors (Lipinski definition) is 0. The minimum absolute atomic E-state index is 0.168. The van der Waals surface area contributed by atoms with Gasteiger partial charge in [0.25, 0.3) is 0 Å². The third kappa shape index (κ3) is 6.58. The largest absolute Gasteiger partial charge is 0.466 e. The van der Waals surface area contributed by atoms with E-state index in [1.54, 1.807) is 24.3 Å². The molecule has 0 aliphatic heterocycles. The van der Waals surface area contributed by atoms with Gasteiger partial charge in [0.05, 0.1) is 26.1 Å². The van der Waals surface area contributed by atoms with Gasteiger partial charge >= 0.3 is 11.9 Å². The third-order valence-electron chi connectivity index (χ3n) is 7.28. The van der Waals surface area contributed by atoms with Gasteiger partial charge in [-0.2, -0.15) is 0 Å². The van der Waals surface area contributed by atoms with Crippen LogP contribution >= 0.6 is 0 Å². The standard InChI is InChI=1S/C32H40O6/c1-7-9-15-37-27(33)19-31(3,4)21-11-13-23-25(17-21)30(36)26-18-22(12-14-24(26)29(23)35)32(5,6)20-28(34)38-16-10-8-2/h11-14,17-18H,7-10,15-16,19-20H2,1-6H3. The number of ketones is 2. The van der Waals surface area contributed by atoms with Gasteiger partial charge in [0.1, 0.15) is 0 Å². The van der Waals surface area contributed by atoms with Crippen molar-refractivity contribution in [1.82, 2.24) is 0 Å². The Labute approximate surface area is 226 Å². The van der Waals surface area contributed by atoms with Gasteiger partial charge in [-0.3, -0.25) is 19.2 Å². The number of rotatable bonds is 12. The minimum Gasteiger partial charge on any atom is -0.466 e. The molecule has 3 rings (SSSR count). The maximum atomic E-state index is 13.7. The van der Waals surface area contributed by atoms with Crippen LogP contribution in [0.4, 0.5) is 0 Å². The average Bonchev–Trinajstić information content (AvgIpc) is 2.86.